The average Bonchev–Trinajstić information content (AvgIpc) is 2.79. The molecule has 0 bridgehead atoms. The van der Waals surface area contributed by atoms with Gasteiger partial charge in [-0.1, -0.05) is 29.8 Å². The van der Waals surface area contributed by atoms with Gasteiger partial charge in [0.1, 0.15) is 18.1 Å². The molecule has 1 N–H and O–H groups in total. The highest BCUT2D eigenvalue weighted by Gasteiger charge is 2.27. The number of carbonyl (C=O) groups excluding carboxylic acids is 1. The van der Waals surface area contributed by atoms with Crippen LogP contribution in [-0.2, 0) is 17.8 Å². The fourth-order valence-corrected chi connectivity index (χ4v) is 4.36. The average molecular weight is 409 g/mol. The van der Waals surface area contributed by atoms with Gasteiger partial charge in [0.25, 0.3) is 0 Å². The van der Waals surface area contributed by atoms with E-state index in [-0.39, 0.29) is 11.8 Å². The minimum absolute atomic E-state index is 0.102. The Morgan fingerprint density at radius 1 is 1.17 bits per heavy atom. The van der Waals surface area contributed by atoms with E-state index in [2.05, 4.69) is 41.4 Å². The quantitative estimate of drug-likeness (QED) is 0.794. The van der Waals surface area contributed by atoms with Crippen molar-refractivity contribution >= 4 is 5.91 Å². The van der Waals surface area contributed by atoms with Crippen LogP contribution in [0.25, 0.3) is 0 Å². The summed E-state index contributed by atoms with van der Waals surface area (Å²) in [6.45, 7) is 6.53. The SMILES string of the molecule is COc1ccc2c(c1)C[C@@H](C(=O)NCC1CCN(Cc3ccc(C)cc3)CC1)CO2. The van der Waals surface area contributed by atoms with Crippen LogP contribution in [0.5, 0.6) is 11.5 Å². The maximum atomic E-state index is 12.7. The summed E-state index contributed by atoms with van der Waals surface area (Å²) in [5.74, 6) is 2.19. The van der Waals surface area contributed by atoms with Crippen molar-refractivity contribution in [1.82, 2.24) is 10.2 Å². The largest absolute Gasteiger partial charge is 0.497 e. The molecule has 5 heteroatoms. The van der Waals surface area contributed by atoms with E-state index in [1.807, 2.05) is 18.2 Å². The van der Waals surface area contributed by atoms with Crippen molar-refractivity contribution in [2.75, 3.05) is 33.4 Å². The van der Waals surface area contributed by atoms with E-state index in [0.29, 0.717) is 18.9 Å². The molecule has 0 aliphatic carbocycles. The second-order valence-corrected chi connectivity index (χ2v) is 8.64. The van der Waals surface area contributed by atoms with Crippen molar-refractivity contribution in [3.63, 3.8) is 0 Å². The Bertz CT molecular complexity index is 857. The summed E-state index contributed by atoms with van der Waals surface area (Å²) in [7, 11) is 1.65. The molecule has 0 radical (unpaired) electrons. The van der Waals surface area contributed by atoms with Crippen LogP contribution in [0.3, 0.4) is 0 Å². The third kappa shape index (κ3) is 5.14. The normalized spacial score (nSPS) is 19.6. The molecule has 1 atom stereocenters. The molecular formula is C25H32N2O3. The van der Waals surface area contributed by atoms with E-state index in [9.17, 15) is 4.79 Å². The molecule has 2 heterocycles. The lowest BCUT2D eigenvalue weighted by Crippen LogP contribution is -2.42. The Balaban J connectivity index is 1.21. The maximum Gasteiger partial charge on any atom is 0.226 e. The van der Waals surface area contributed by atoms with Crippen molar-refractivity contribution in [2.45, 2.75) is 32.7 Å². The number of methoxy groups -OCH3 is 1. The molecular weight excluding hydrogens is 376 g/mol. The van der Waals surface area contributed by atoms with Gasteiger partial charge in [-0.15, -0.1) is 0 Å². The lowest BCUT2D eigenvalue weighted by Gasteiger charge is -2.32. The van der Waals surface area contributed by atoms with Gasteiger partial charge >= 0.3 is 0 Å². The molecule has 1 amide bonds. The lowest BCUT2D eigenvalue weighted by atomic mass is 9.94. The molecule has 2 aliphatic rings. The van der Waals surface area contributed by atoms with Crippen LogP contribution in [0.4, 0.5) is 0 Å². The van der Waals surface area contributed by atoms with Gasteiger partial charge < -0.3 is 14.8 Å². The van der Waals surface area contributed by atoms with Crippen LogP contribution in [0.1, 0.15) is 29.5 Å². The number of amides is 1. The highest BCUT2D eigenvalue weighted by atomic mass is 16.5. The number of piperidine rings is 1. The molecule has 2 aromatic rings. The van der Waals surface area contributed by atoms with Gasteiger partial charge in [-0.2, -0.15) is 0 Å². The summed E-state index contributed by atoms with van der Waals surface area (Å²) in [4.78, 5) is 15.2. The van der Waals surface area contributed by atoms with E-state index in [1.54, 1.807) is 7.11 Å². The van der Waals surface area contributed by atoms with Crippen LogP contribution in [0.15, 0.2) is 42.5 Å². The predicted octanol–water partition coefficient (Wildman–Crippen LogP) is 3.58. The Hall–Kier alpha value is -2.53. The van der Waals surface area contributed by atoms with E-state index >= 15 is 0 Å². The minimum Gasteiger partial charge on any atom is -0.497 e. The summed E-state index contributed by atoms with van der Waals surface area (Å²) in [5, 5.41) is 3.18. The summed E-state index contributed by atoms with van der Waals surface area (Å²) >= 11 is 0. The molecule has 0 aromatic heterocycles. The Kier molecular flexibility index (Phi) is 6.58. The fourth-order valence-electron chi connectivity index (χ4n) is 4.36. The zero-order valence-electron chi connectivity index (χ0n) is 18.0. The van der Waals surface area contributed by atoms with Gasteiger partial charge in [-0.05, 0) is 74.5 Å². The number of hydrogen-bond acceptors (Lipinski definition) is 4. The maximum absolute atomic E-state index is 12.7. The standard InChI is InChI=1S/C25H32N2O3/c1-18-3-5-20(6-4-18)16-27-11-9-19(10-12-27)15-26-25(28)22-13-21-14-23(29-2)7-8-24(21)30-17-22/h3-8,14,19,22H,9-13,15-17H2,1-2H3,(H,26,28)/t22-/m1/s1. The van der Waals surface area contributed by atoms with Crippen molar-refractivity contribution < 1.29 is 14.3 Å². The molecule has 30 heavy (non-hydrogen) atoms. The first-order valence-electron chi connectivity index (χ1n) is 11.0. The van der Waals surface area contributed by atoms with Gasteiger partial charge in [-0.3, -0.25) is 9.69 Å². The minimum atomic E-state index is -0.133. The third-order valence-electron chi connectivity index (χ3n) is 6.34. The monoisotopic (exact) mass is 408 g/mol. The second kappa shape index (κ2) is 9.52. The second-order valence-electron chi connectivity index (χ2n) is 8.64. The van der Waals surface area contributed by atoms with Crippen molar-refractivity contribution in [3.05, 3.63) is 59.2 Å². The molecule has 2 aliphatic heterocycles. The molecule has 0 saturated carbocycles. The first-order chi connectivity index (χ1) is 14.6. The topological polar surface area (TPSA) is 50.8 Å². The number of aryl methyl sites for hydroxylation is 1. The number of hydrogen-bond donors (Lipinski definition) is 1. The lowest BCUT2D eigenvalue weighted by molar-refractivity contribution is -0.126. The number of ether oxygens (including phenoxy) is 2. The van der Waals surface area contributed by atoms with E-state index < -0.39 is 0 Å². The van der Waals surface area contributed by atoms with E-state index in [4.69, 9.17) is 9.47 Å². The van der Waals surface area contributed by atoms with Gasteiger partial charge in [0, 0.05) is 13.1 Å². The fraction of sp³-hybridized carbons (Fsp3) is 0.480. The number of nitrogens with one attached hydrogen (secondary N) is 1. The van der Waals surface area contributed by atoms with Gasteiger partial charge in [0.05, 0.1) is 13.0 Å². The summed E-state index contributed by atoms with van der Waals surface area (Å²) in [6, 6.07) is 14.6. The zero-order valence-corrected chi connectivity index (χ0v) is 18.0. The number of nitrogens with zero attached hydrogens (tertiary/aromatic N) is 1. The summed E-state index contributed by atoms with van der Waals surface area (Å²) < 4.78 is 11.1. The van der Waals surface area contributed by atoms with Crippen LogP contribution in [0, 0.1) is 18.8 Å². The molecule has 0 spiro atoms. The zero-order chi connectivity index (χ0) is 20.9. The van der Waals surface area contributed by atoms with Crippen LogP contribution in [-0.4, -0.2) is 44.2 Å². The Morgan fingerprint density at radius 3 is 2.67 bits per heavy atom. The Labute approximate surface area is 179 Å². The third-order valence-corrected chi connectivity index (χ3v) is 6.34. The number of rotatable bonds is 6. The van der Waals surface area contributed by atoms with Crippen molar-refractivity contribution in [3.8, 4) is 11.5 Å². The first-order valence-corrected chi connectivity index (χ1v) is 11.0. The van der Waals surface area contributed by atoms with Crippen LogP contribution >= 0.6 is 0 Å². The molecule has 160 valence electrons. The number of fused-ring (bicyclic) bond motifs is 1. The summed E-state index contributed by atoms with van der Waals surface area (Å²) in [6.07, 6.45) is 2.97. The molecule has 1 saturated heterocycles. The van der Waals surface area contributed by atoms with Gasteiger partial charge in [0.2, 0.25) is 5.91 Å². The molecule has 4 rings (SSSR count). The van der Waals surface area contributed by atoms with Crippen molar-refractivity contribution in [1.29, 1.82) is 0 Å². The van der Waals surface area contributed by atoms with Crippen LogP contribution < -0.4 is 14.8 Å². The van der Waals surface area contributed by atoms with Crippen molar-refractivity contribution in [2.24, 2.45) is 11.8 Å². The van der Waals surface area contributed by atoms with Gasteiger partial charge in [-0.25, -0.2) is 0 Å². The van der Waals surface area contributed by atoms with Crippen LogP contribution in [0.2, 0.25) is 0 Å². The predicted molar refractivity (Wildman–Crippen MR) is 118 cm³/mol. The molecule has 1 fully saturated rings. The number of carbonyl (C=O) groups is 1. The molecule has 5 nitrogen and oxygen atoms in total. The Morgan fingerprint density at radius 2 is 1.93 bits per heavy atom. The highest BCUT2D eigenvalue weighted by Crippen LogP contribution is 2.30. The highest BCUT2D eigenvalue weighted by molar-refractivity contribution is 5.79. The molecule has 2 aromatic carbocycles. The smallest absolute Gasteiger partial charge is 0.226 e. The van der Waals surface area contributed by atoms with Gasteiger partial charge in [0.15, 0.2) is 0 Å². The molecule has 0 unspecified atom stereocenters. The first kappa shape index (κ1) is 20.7. The number of likely N-dealkylation sites (tertiary alicyclic amines) is 1. The van der Waals surface area contributed by atoms with E-state index in [0.717, 1.165) is 56.1 Å². The summed E-state index contributed by atoms with van der Waals surface area (Å²) in [5.41, 5.74) is 3.73. The number of benzene rings is 2. The van der Waals surface area contributed by atoms with E-state index in [1.165, 1.54) is 11.1 Å².